The molecule has 0 fully saturated rings. The van der Waals surface area contributed by atoms with Crippen molar-refractivity contribution >= 4 is 22.7 Å². The number of benzene rings is 3. The van der Waals surface area contributed by atoms with Crippen LogP contribution < -0.4 is 10.6 Å². The minimum Gasteiger partial charge on any atom is -0.377 e. The molecule has 5 nitrogen and oxygen atoms in total. The predicted molar refractivity (Wildman–Crippen MR) is 116 cm³/mol. The highest BCUT2D eigenvalue weighted by Gasteiger charge is 2.40. The van der Waals surface area contributed by atoms with Gasteiger partial charge in [0.25, 0.3) is 5.69 Å². The second-order valence-corrected chi connectivity index (χ2v) is 7.58. The summed E-state index contributed by atoms with van der Waals surface area (Å²) < 4.78 is 0. The fourth-order valence-corrected chi connectivity index (χ4v) is 4.58. The maximum atomic E-state index is 11.6. The summed E-state index contributed by atoms with van der Waals surface area (Å²) in [4.78, 5) is 11.3. The van der Waals surface area contributed by atoms with Gasteiger partial charge in [0.2, 0.25) is 0 Å². The molecule has 0 bridgehead atoms. The highest BCUT2D eigenvalue weighted by Crippen LogP contribution is 2.51. The summed E-state index contributed by atoms with van der Waals surface area (Å²) in [5, 5.41) is 18.6. The molecule has 1 heterocycles. The predicted octanol–water partition coefficient (Wildman–Crippen LogP) is 6.16. The van der Waals surface area contributed by atoms with Crippen molar-refractivity contribution in [2.75, 3.05) is 10.6 Å². The van der Waals surface area contributed by atoms with Crippen LogP contribution in [-0.4, -0.2) is 4.92 Å². The fourth-order valence-electron chi connectivity index (χ4n) is 4.58. The standard InChI is InChI=1S/C24H21N3O2/c28-27(29)23-12-5-4-9-20(23)24-19-11-6-10-18(19)21-15-17(13-14-22(21)26-24)25-16-7-2-1-3-8-16/h1-10,12-15,18-19,24-26H,11H2. The molecule has 0 radical (unpaired) electrons. The van der Waals surface area contributed by atoms with Gasteiger partial charge in [-0.05, 0) is 48.2 Å². The van der Waals surface area contributed by atoms with Gasteiger partial charge in [0, 0.05) is 29.0 Å². The molecule has 2 aliphatic rings. The van der Waals surface area contributed by atoms with E-state index in [1.807, 2.05) is 48.5 Å². The van der Waals surface area contributed by atoms with Crippen LogP contribution in [-0.2, 0) is 0 Å². The molecule has 5 rings (SSSR count). The topological polar surface area (TPSA) is 67.2 Å². The van der Waals surface area contributed by atoms with Crippen molar-refractivity contribution in [3.63, 3.8) is 0 Å². The smallest absolute Gasteiger partial charge is 0.274 e. The number of hydrogen-bond acceptors (Lipinski definition) is 4. The summed E-state index contributed by atoms with van der Waals surface area (Å²) in [6.45, 7) is 0. The third-order valence-electron chi connectivity index (χ3n) is 5.89. The van der Waals surface area contributed by atoms with Gasteiger partial charge in [0.15, 0.2) is 0 Å². The van der Waals surface area contributed by atoms with E-state index in [1.165, 1.54) is 5.56 Å². The van der Waals surface area contributed by atoms with Gasteiger partial charge in [-0.2, -0.15) is 0 Å². The Morgan fingerprint density at radius 1 is 0.931 bits per heavy atom. The average molecular weight is 383 g/mol. The van der Waals surface area contributed by atoms with Crippen LogP contribution in [0, 0.1) is 16.0 Å². The van der Waals surface area contributed by atoms with Gasteiger partial charge in [-0.1, -0.05) is 48.6 Å². The number of rotatable bonds is 4. The summed E-state index contributed by atoms with van der Waals surface area (Å²) in [6, 6.07) is 23.4. The molecule has 29 heavy (non-hydrogen) atoms. The van der Waals surface area contributed by atoms with Gasteiger partial charge in [0.05, 0.1) is 16.5 Å². The lowest BCUT2D eigenvalue weighted by atomic mass is 9.76. The Morgan fingerprint density at radius 2 is 1.72 bits per heavy atom. The first-order valence-electron chi connectivity index (χ1n) is 9.83. The Labute approximate surface area is 169 Å². The molecule has 0 spiro atoms. The van der Waals surface area contributed by atoms with Crippen LogP contribution in [0.4, 0.5) is 22.7 Å². The monoisotopic (exact) mass is 383 g/mol. The molecule has 5 heteroatoms. The van der Waals surface area contributed by atoms with Crippen LogP contribution in [0.5, 0.6) is 0 Å². The van der Waals surface area contributed by atoms with Gasteiger partial charge in [0.1, 0.15) is 0 Å². The van der Waals surface area contributed by atoms with E-state index < -0.39 is 0 Å². The number of anilines is 3. The van der Waals surface area contributed by atoms with Gasteiger partial charge in [-0.15, -0.1) is 0 Å². The van der Waals surface area contributed by atoms with Crippen molar-refractivity contribution in [2.24, 2.45) is 5.92 Å². The fraction of sp³-hybridized carbons (Fsp3) is 0.167. The largest absolute Gasteiger partial charge is 0.377 e. The molecule has 144 valence electrons. The van der Waals surface area contributed by atoms with E-state index in [1.54, 1.807) is 12.1 Å². The Morgan fingerprint density at radius 3 is 2.55 bits per heavy atom. The van der Waals surface area contributed by atoms with Crippen molar-refractivity contribution in [3.8, 4) is 0 Å². The Hall–Kier alpha value is -3.60. The van der Waals surface area contributed by atoms with Crippen molar-refractivity contribution in [1.82, 2.24) is 0 Å². The molecule has 0 saturated heterocycles. The molecule has 0 saturated carbocycles. The first-order chi connectivity index (χ1) is 14.2. The Kier molecular flexibility index (Phi) is 4.28. The lowest BCUT2D eigenvalue weighted by Crippen LogP contribution is -2.29. The molecule has 1 aliphatic heterocycles. The second kappa shape index (κ2) is 7.09. The molecule has 1 aliphatic carbocycles. The first kappa shape index (κ1) is 17.5. The molecule has 3 aromatic carbocycles. The van der Waals surface area contributed by atoms with Crippen LogP contribution in [0.1, 0.15) is 29.5 Å². The molecule has 0 aromatic heterocycles. The van der Waals surface area contributed by atoms with E-state index in [0.717, 1.165) is 29.0 Å². The second-order valence-electron chi connectivity index (χ2n) is 7.58. The van der Waals surface area contributed by atoms with E-state index in [-0.39, 0.29) is 28.5 Å². The third kappa shape index (κ3) is 3.14. The maximum absolute atomic E-state index is 11.6. The Bertz CT molecular complexity index is 1090. The lowest BCUT2D eigenvalue weighted by Gasteiger charge is -2.37. The molecule has 3 atom stereocenters. The van der Waals surface area contributed by atoms with Crippen molar-refractivity contribution in [3.05, 3.63) is 106 Å². The molecular weight excluding hydrogens is 362 g/mol. The third-order valence-corrected chi connectivity index (χ3v) is 5.89. The summed E-state index contributed by atoms with van der Waals surface area (Å²) in [5.41, 5.74) is 5.31. The minimum absolute atomic E-state index is 0.0861. The lowest BCUT2D eigenvalue weighted by molar-refractivity contribution is -0.385. The van der Waals surface area contributed by atoms with Crippen molar-refractivity contribution in [1.29, 1.82) is 0 Å². The number of nitrogens with one attached hydrogen (secondary N) is 2. The summed E-state index contributed by atoms with van der Waals surface area (Å²) in [6.07, 6.45) is 5.35. The maximum Gasteiger partial charge on any atom is 0.274 e. The zero-order chi connectivity index (χ0) is 19.8. The van der Waals surface area contributed by atoms with Crippen LogP contribution in [0.2, 0.25) is 0 Å². The van der Waals surface area contributed by atoms with E-state index in [9.17, 15) is 10.1 Å². The summed E-state index contributed by atoms with van der Waals surface area (Å²) in [7, 11) is 0. The van der Waals surface area contributed by atoms with Crippen molar-refractivity contribution < 1.29 is 4.92 Å². The van der Waals surface area contributed by atoms with Gasteiger partial charge >= 0.3 is 0 Å². The number of fused-ring (bicyclic) bond motifs is 3. The van der Waals surface area contributed by atoms with Crippen LogP contribution in [0.25, 0.3) is 0 Å². The van der Waals surface area contributed by atoms with E-state index in [2.05, 4.69) is 34.9 Å². The summed E-state index contributed by atoms with van der Waals surface area (Å²) in [5.74, 6) is 0.504. The highest BCUT2D eigenvalue weighted by molar-refractivity contribution is 5.69. The normalized spacial score (nSPS) is 21.7. The number of nitrogens with zero attached hydrogens (tertiary/aromatic N) is 1. The number of nitro benzene ring substituents is 1. The number of hydrogen-bond donors (Lipinski definition) is 2. The van der Waals surface area contributed by atoms with E-state index in [4.69, 9.17) is 0 Å². The number of para-hydroxylation sites is 2. The zero-order valence-electron chi connectivity index (χ0n) is 15.8. The van der Waals surface area contributed by atoms with E-state index >= 15 is 0 Å². The molecule has 2 N–H and O–H groups in total. The van der Waals surface area contributed by atoms with Gasteiger partial charge < -0.3 is 10.6 Å². The van der Waals surface area contributed by atoms with Crippen LogP contribution in [0.15, 0.2) is 84.9 Å². The highest BCUT2D eigenvalue weighted by atomic mass is 16.6. The zero-order valence-corrected chi connectivity index (χ0v) is 15.8. The first-order valence-corrected chi connectivity index (χ1v) is 9.83. The van der Waals surface area contributed by atoms with Gasteiger partial charge in [-0.25, -0.2) is 0 Å². The number of allylic oxidation sites excluding steroid dienone is 2. The summed E-state index contributed by atoms with van der Waals surface area (Å²) >= 11 is 0. The number of nitro groups is 1. The molecular formula is C24H21N3O2. The minimum atomic E-state index is -0.281. The molecule has 3 aromatic rings. The quantitative estimate of drug-likeness (QED) is 0.321. The average Bonchev–Trinajstić information content (AvgIpc) is 3.24. The van der Waals surface area contributed by atoms with Crippen LogP contribution in [0.3, 0.4) is 0 Å². The van der Waals surface area contributed by atoms with E-state index in [0.29, 0.717) is 0 Å². The molecule has 0 amide bonds. The van der Waals surface area contributed by atoms with Gasteiger partial charge in [-0.3, -0.25) is 10.1 Å². The van der Waals surface area contributed by atoms with Crippen molar-refractivity contribution in [2.45, 2.75) is 18.4 Å². The molecule has 3 unspecified atom stereocenters. The Balaban J connectivity index is 1.52. The van der Waals surface area contributed by atoms with Crippen LogP contribution >= 0.6 is 0 Å². The SMILES string of the molecule is O=[N+]([O-])c1ccccc1C1Nc2ccc(Nc3ccccc3)cc2C2C=CCC21.